The van der Waals surface area contributed by atoms with Gasteiger partial charge in [0.1, 0.15) is 0 Å². The molecule has 1 spiro atoms. The first-order valence-corrected chi connectivity index (χ1v) is 22.1. The monoisotopic (exact) mass is 770 g/mol. The van der Waals surface area contributed by atoms with E-state index in [2.05, 4.69) is 204 Å². The summed E-state index contributed by atoms with van der Waals surface area (Å²) < 4.78 is 2.40. The van der Waals surface area contributed by atoms with Crippen LogP contribution in [-0.2, 0) is 5.41 Å². The van der Waals surface area contributed by atoms with Gasteiger partial charge in [-0.1, -0.05) is 133 Å². The van der Waals surface area contributed by atoms with Crippen molar-refractivity contribution in [2.24, 2.45) is 23.7 Å². The van der Waals surface area contributed by atoms with Gasteiger partial charge in [-0.05, 0) is 155 Å². The summed E-state index contributed by atoms with van der Waals surface area (Å²) in [4.78, 5) is 2.46. The van der Waals surface area contributed by atoms with Crippen molar-refractivity contribution in [2.45, 2.75) is 37.5 Å². The lowest BCUT2D eigenvalue weighted by molar-refractivity contribution is -0.0399. The number of fused-ring (bicyclic) bond motifs is 6. The second kappa shape index (κ2) is 13.2. The normalized spacial score (nSPS) is 22.1. The Labute approximate surface area is 352 Å². The molecule has 0 N–H and O–H groups in total. The summed E-state index contributed by atoms with van der Waals surface area (Å²) in [5, 5.41) is 2.55. The summed E-state index contributed by atoms with van der Waals surface area (Å²) in [5.74, 6) is 3.39. The largest absolute Gasteiger partial charge is 0.310 e. The lowest BCUT2D eigenvalue weighted by atomic mass is 9.43. The van der Waals surface area contributed by atoms with Crippen molar-refractivity contribution in [1.82, 2.24) is 4.57 Å². The predicted molar refractivity (Wildman–Crippen MR) is 250 cm³/mol. The highest BCUT2D eigenvalue weighted by molar-refractivity contribution is 6.09. The summed E-state index contributed by atoms with van der Waals surface area (Å²) in [6, 6.07) is 72.6. The Hall–Kier alpha value is -6.64. The van der Waals surface area contributed by atoms with Crippen LogP contribution in [0.4, 0.5) is 17.1 Å². The van der Waals surface area contributed by atoms with Gasteiger partial charge in [0.2, 0.25) is 0 Å². The van der Waals surface area contributed by atoms with Gasteiger partial charge >= 0.3 is 0 Å². The topological polar surface area (TPSA) is 8.17 Å². The highest BCUT2D eigenvalue weighted by Gasteiger charge is 2.61. The van der Waals surface area contributed by atoms with Crippen molar-refractivity contribution in [3.63, 3.8) is 0 Å². The average Bonchev–Trinajstić information content (AvgIpc) is 3.80. The van der Waals surface area contributed by atoms with Crippen molar-refractivity contribution in [1.29, 1.82) is 0 Å². The number of para-hydroxylation sites is 3. The van der Waals surface area contributed by atoms with E-state index >= 15 is 0 Å². The molecular weight excluding hydrogens is 725 g/mol. The number of aromatic nitrogens is 1. The van der Waals surface area contributed by atoms with E-state index in [1.807, 2.05) is 0 Å². The van der Waals surface area contributed by atoms with Crippen molar-refractivity contribution < 1.29 is 0 Å². The SMILES string of the molecule is c1ccc(-c2ccc(N(c3ccc(-n4c5ccccc5c5ccccc54)cc3)c3ccccc3-c3ccc4c(c3)-c3ccccc3C43C4CC5CC(C4)CC3C5)cc2)cc1. The Morgan fingerprint density at radius 1 is 0.400 bits per heavy atom. The van der Waals surface area contributed by atoms with Crippen LogP contribution in [0, 0.1) is 23.7 Å². The zero-order chi connectivity index (χ0) is 39.4. The fraction of sp³-hybridized carbons (Fsp3) is 0.172. The Balaban J connectivity index is 0.957. The first-order chi connectivity index (χ1) is 29.7. The average molecular weight is 771 g/mol. The minimum atomic E-state index is 0.169. The van der Waals surface area contributed by atoms with Gasteiger partial charge in [0, 0.05) is 38.8 Å². The molecule has 0 unspecified atom stereocenters. The van der Waals surface area contributed by atoms with Crippen molar-refractivity contribution in [3.8, 4) is 39.1 Å². The predicted octanol–water partition coefficient (Wildman–Crippen LogP) is 15.3. The van der Waals surface area contributed by atoms with E-state index in [4.69, 9.17) is 0 Å². The second-order valence-corrected chi connectivity index (χ2v) is 18.1. The molecule has 0 aliphatic heterocycles. The molecule has 9 aromatic rings. The van der Waals surface area contributed by atoms with Crippen LogP contribution in [0.15, 0.2) is 194 Å². The lowest BCUT2D eigenvalue weighted by Crippen LogP contribution is -2.55. The third-order valence-electron chi connectivity index (χ3n) is 15.2. The number of benzene rings is 8. The van der Waals surface area contributed by atoms with Gasteiger partial charge in [-0.3, -0.25) is 0 Å². The van der Waals surface area contributed by atoms with Crippen molar-refractivity contribution in [3.05, 3.63) is 205 Å². The first-order valence-electron chi connectivity index (χ1n) is 22.1. The molecular formula is C58H46N2. The smallest absolute Gasteiger partial charge is 0.0541 e. The summed E-state index contributed by atoms with van der Waals surface area (Å²) >= 11 is 0. The zero-order valence-electron chi connectivity index (χ0n) is 33.7. The highest BCUT2D eigenvalue weighted by atomic mass is 15.1. The Morgan fingerprint density at radius 3 is 1.60 bits per heavy atom. The molecule has 288 valence electrons. The number of hydrogen-bond acceptors (Lipinski definition) is 1. The zero-order valence-corrected chi connectivity index (χ0v) is 33.7. The van der Waals surface area contributed by atoms with Crippen LogP contribution in [0.2, 0.25) is 0 Å². The number of rotatable bonds is 6. The first kappa shape index (κ1) is 34.2. The minimum Gasteiger partial charge on any atom is -0.310 e. The molecule has 5 aliphatic rings. The van der Waals surface area contributed by atoms with Gasteiger partial charge in [-0.2, -0.15) is 0 Å². The van der Waals surface area contributed by atoms with E-state index in [1.165, 1.54) is 93.0 Å². The van der Waals surface area contributed by atoms with E-state index in [1.54, 1.807) is 11.1 Å². The van der Waals surface area contributed by atoms with Gasteiger partial charge < -0.3 is 9.47 Å². The highest BCUT2D eigenvalue weighted by Crippen LogP contribution is 2.69. The van der Waals surface area contributed by atoms with Crippen molar-refractivity contribution >= 4 is 38.9 Å². The molecule has 4 saturated carbocycles. The van der Waals surface area contributed by atoms with Gasteiger partial charge in [-0.25, -0.2) is 0 Å². The van der Waals surface area contributed by atoms with E-state index in [-0.39, 0.29) is 5.41 Å². The minimum absolute atomic E-state index is 0.169. The lowest BCUT2D eigenvalue weighted by Gasteiger charge is -2.61. The molecule has 60 heavy (non-hydrogen) atoms. The maximum atomic E-state index is 2.56. The number of hydrogen-bond donors (Lipinski definition) is 0. The molecule has 1 heterocycles. The molecule has 5 aliphatic carbocycles. The maximum Gasteiger partial charge on any atom is 0.0541 e. The maximum absolute atomic E-state index is 2.56. The third kappa shape index (κ3) is 4.94. The molecule has 1 aromatic heterocycles. The standard InChI is InChI=1S/C58H46N2/c1-2-12-40(13-3-1)41-22-25-45(26-23-41)59(46-27-29-47(30-28-46)60-56-20-10-6-16-50(56)51-17-7-11-21-57(51)60)55-19-9-5-14-48(55)42-24-31-54-52(37-42)49-15-4-8-18-53(49)58(54)43-33-38-32-39(35-43)36-44(58)34-38/h1-31,37-39,43-44H,32-36H2. The quantitative estimate of drug-likeness (QED) is 0.163. The Bertz CT molecular complexity index is 3020. The number of nitrogens with zero attached hydrogens (tertiary/aromatic N) is 2. The molecule has 4 bridgehead atoms. The third-order valence-corrected chi connectivity index (χ3v) is 15.2. The van der Waals surface area contributed by atoms with Gasteiger partial charge in [-0.15, -0.1) is 0 Å². The Kier molecular flexibility index (Phi) is 7.52. The van der Waals surface area contributed by atoms with Crippen LogP contribution < -0.4 is 4.90 Å². The summed E-state index contributed by atoms with van der Waals surface area (Å²) in [5.41, 5.74) is 18.3. The van der Waals surface area contributed by atoms with Gasteiger partial charge in [0.05, 0.1) is 16.7 Å². The fourth-order valence-electron chi connectivity index (χ4n) is 13.1. The van der Waals surface area contributed by atoms with Crippen LogP contribution in [0.3, 0.4) is 0 Å². The van der Waals surface area contributed by atoms with Crippen LogP contribution in [0.25, 0.3) is 60.9 Å². The molecule has 0 radical (unpaired) electrons. The molecule has 0 amide bonds. The molecule has 14 rings (SSSR count). The fourth-order valence-corrected chi connectivity index (χ4v) is 13.1. The van der Waals surface area contributed by atoms with Crippen LogP contribution in [0.5, 0.6) is 0 Å². The molecule has 8 aromatic carbocycles. The Morgan fingerprint density at radius 2 is 0.917 bits per heavy atom. The molecule has 0 atom stereocenters. The van der Waals surface area contributed by atoms with E-state index in [0.717, 1.165) is 40.7 Å². The van der Waals surface area contributed by atoms with E-state index in [0.29, 0.717) is 0 Å². The van der Waals surface area contributed by atoms with Crippen LogP contribution >= 0.6 is 0 Å². The summed E-state index contributed by atoms with van der Waals surface area (Å²) in [7, 11) is 0. The van der Waals surface area contributed by atoms with Crippen LogP contribution in [-0.4, -0.2) is 4.57 Å². The molecule has 2 nitrogen and oxygen atoms in total. The van der Waals surface area contributed by atoms with E-state index < -0.39 is 0 Å². The molecule has 4 fully saturated rings. The summed E-state index contributed by atoms with van der Waals surface area (Å²) in [6.45, 7) is 0. The van der Waals surface area contributed by atoms with Gasteiger partial charge in [0.15, 0.2) is 0 Å². The van der Waals surface area contributed by atoms with Crippen LogP contribution in [0.1, 0.15) is 43.2 Å². The van der Waals surface area contributed by atoms with Gasteiger partial charge in [0.25, 0.3) is 0 Å². The molecule has 0 saturated heterocycles. The van der Waals surface area contributed by atoms with Crippen molar-refractivity contribution in [2.75, 3.05) is 4.90 Å². The number of anilines is 3. The second-order valence-electron chi connectivity index (χ2n) is 18.1. The van der Waals surface area contributed by atoms with E-state index in [9.17, 15) is 0 Å². The molecule has 2 heteroatoms. The summed E-state index contributed by atoms with van der Waals surface area (Å²) in [6.07, 6.45) is 7.08.